The number of aryl methyl sites for hydroxylation is 2. The third kappa shape index (κ3) is 2.17. The number of rotatable bonds is 3. The maximum Gasteiger partial charge on any atom is 0.375 e. The van der Waals surface area contributed by atoms with Crippen LogP contribution < -0.4 is 0 Å². The predicted molar refractivity (Wildman–Crippen MR) is 59.3 cm³/mol. The van der Waals surface area contributed by atoms with Crippen LogP contribution in [0.2, 0.25) is 0 Å². The summed E-state index contributed by atoms with van der Waals surface area (Å²) in [5, 5.41) is 10.7. The van der Waals surface area contributed by atoms with Crippen molar-refractivity contribution in [1.82, 2.24) is 25.0 Å². The first kappa shape index (κ1) is 11.3. The number of carbonyl (C=O) groups excluding carboxylic acids is 1. The van der Waals surface area contributed by atoms with Gasteiger partial charge in [-0.25, -0.2) is 4.79 Å². The molecule has 0 unspecified atom stereocenters. The second-order valence-electron chi connectivity index (χ2n) is 3.52. The Balaban J connectivity index is 2.30. The summed E-state index contributed by atoms with van der Waals surface area (Å²) in [6.07, 6.45) is 0. The Kier molecular flexibility index (Phi) is 2.90. The normalized spacial score (nSPS) is 10.5. The molecule has 0 amide bonds. The molecule has 0 spiro atoms. The summed E-state index contributed by atoms with van der Waals surface area (Å²) in [5.41, 5.74) is 1.61. The van der Waals surface area contributed by atoms with Crippen molar-refractivity contribution >= 4 is 5.97 Å². The van der Waals surface area contributed by atoms with Crippen LogP contribution in [0.4, 0.5) is 0 Å². The summed E-state index contributed by atoms with van der Waals surface area (Å²) in [4.78, 5) is 15.5. The molecule has 2 aromatic rings. The average Bonchev–Trinajstić information content (AvgIpc) is 2.85. The lowest BCUT2D eigenvalue weighted by Gasteiger charge is -1.95. The molecule has 0 aliphatic carbocycles. The molecule has 2 heterocycles. The summed E-state index contributed by atoms with van der Waals surface area (Å²) in [6.45, 7) is 3.92. The average molecular weight is 235 g/mol. The number of nitrogens with zero attached hydrogens (tertiary/aromatic N) is 4. The van der Waals surface area contributed by atoms with E-state index in [2.05, 4.69) is 20.3 Å². The molecule has 1 N–H and O–H groups in total. The molecule has 0 saturated carbocycles. The van der Waals surface area contributed by atoms with Crippen LogP contribution in [0.5, 0.6) is 0 Å². The van der Waals surface area contributed by atoms with Gasteiger partial charge in [-0.2, -0.15) is 15.2 Å². The van der Waals surface area contributed by atoms with E-state index >= 15 is 0 Å². The number of carbonyl (C=O) groups is 1. The molecule has 0 bridgehead atoms. The second-order valence-corrected chi connectivity index (χ2v) is 3.52. The molecule has 7 nitrogen and oxygen atoms in total. The van der Waals surface area contributed by atoms with Gasteiger partial charge in [-0.1, -0.05) is 0 Å². The highest BCUT2D eigenvalue weighted by Crippen LogP contribution is 2.14. The van der Waals surface area contributed by atoms with Crippen LogP contribution in [0.25, 0.3) is 11.5 Å². The lowest BCUT2D eigenvalue weighted by atomic mass is 10.3. The number of aromatic amines is 1. The van der Waals surface area contributed by atoms with Crippen molar-refractivity contribution in [1.29, 1.82) is 0 Å². The maximum absolute atomic E-state index is 11.4. The molecule has 0 radical (unpaired) electrons. The van der Waals surface area contributed by atoms with Gasteiger partial charge in [-0.05, 0) is 19.9 Å². The lowest BCUT2D eigenvalue weighted by Crippen LogP contribution is -2.06. The molecule has 0 atom stereocenters. The van der Waals surface area contributed by atoms with Gasteiger partial charge in [0.1, 0.15) is 5.69 Å². The van der Waals surface area contributed by atoms with Gasteiger partial charge in [0, 0.05) is 7.05 Å². The standard InChI is InChI=1S/C10H13N5O2/c1-4-17-10(16)9-11-8(12-13-9)7-5-6(2)14-15(7)3/h5H,4H2,1-3H3,(H,11,12,13). The minimum Gasteiger partial charge on any atom is -0.460 e. The largest absolute Gasteiger partial charge is 0.460 e. The van der Waals surface area contributed by atoms with Crippen LogP contribution in [0.1, 0.15) is 23.2 Å². The molecule has 17 heavy (non-hydrogen) atoms. The number of ether oxygens (including phenoxy) is 1. The Morgan fingerprint density at radius 2 is 2.35 bits per heavy atom. The molecule has 90 valence electrons. The highest BCUT2D eigenvalue weighted by Gasteiger charge is 2.16. The maximum atomic E-state index is 11.4. The van der Waals surface area contributed by atoms with Crippen LogP contribution in [0, 0.1) is 6.92 Å². The zero-order valence-electron chi connectivity index (χ0n) is 9.89. The van der Waals surface area contributed by atoms with Crippen molar-refractivity contribution in [3.05, 3.63) is 17.6 Å². The second kappa shape index (κ2) is 4.36. The fourth-order valence-corrected chi connectivity index (χ4v) is 1.49. The summed E-state index contributed by atoms with van der Waals surface area (Å²) in [5.74, 6) is 0.0157. The van der Waals surface area contributed by atoms with Crippen LogP contribution in [0.3, 0.4) is 0 Å². The van der Waals surface area contributed by atoms with Crippen LogP contribution in [-0.2, 0) is 11.8 Å². The zero-order valence-corrected chi connectivity index (χ0v) is 9.89. The monoisotopic (exact) mass is 235 g/mol. The van der Waals surface area contributed by atoms with E-state index in [4.69, 9.17) is 4.74 Å². The minimum atomic E-state index is -0.509. The van der Waals surface area contributed by atoms with Gasteiger partial charge in [0.2, 0.25) is 5.82 Å². The highest BCUT2D eigenvalue weighted by molar-refractivity contribution is 5.85. The first-order valence-corrected chi connectivity index (χ1v) is 5.22. The van der Waals surface area contributed by atoms with E-state index in [9.17, 15) is 4.79 Å². The van der Waals surface area contributed by atoms with Crippen molar-refractivity contribution in [3.8, 4) is 11.5 Å². The van der Waals surface area contributed by atoms with E-state index in [1.807, 2.05) is 13.0 Å². The van der Waals surface area contributed by atoms with Gasteiger partial charge in [0.05, 0.1) is 12.3 Å². The van der Waals surface area contributed by atoms with Gasteiger partial charge in [-0.3, -0.25) is 9.78 Å². The Hall–Kier alpha value is -2.18. The Labute approximate surface area is 97.8 Å². The van der Waals surface area contributed by atoms with E-state index in [1.54, 1.807) is 18.7 Å². The molecule has 2 rings (SSSR count). The predicted octanol–water partition coefficient (Wildman–Crippen LogP) is 0.690. The van der Waals surface area contributed by atoms with Gasteiger partial charge in [-0.15, -0.1) is 0 Å². The van der Waals surface area contributed by atoms with Crippen molar-refractivity contribution < 1.29 is 9.53 Å². The van der Waals surface area contributed by atoms with Crippen molar-refractivity contribution in [2.24, 2.45) is 7.05 Å². The van der Waals surface area contributed by atoms with Crippen LogP contribution in [-0.4, -0.2) is 37.5 Å². The molecule has 2 aromatic heterocycles. The number of H-pyrrole nitrogens is 1. The summed E-state index contributed by atoms with van der Waals surface area (Å²) < 4.78 is 6.48. The molecule has 0 fully saturated rings. The molecular formula is C10H13N5O2. The molecular weight excluding hydrogens is 222 g/mol. The molecule has 0 aliphatic heterocycles. The van der Waals surface area contributed by atoms with E-state index in [1.165, 1.54) is 0 Å². The fraction of sp³-hybridized carbons (Fsp3) is 0.400. The molecule has 0 aliphatic rings. The van der Waals surface area contributed by atoms with E-state index in [0.717, 1.165) is 11.4 Å². The summed E-state index contributed by atoms with van der Waals surface area (Å²) >= 11 is 0. The Morgan fingerprint density at radius 1 is 1.59 bits per heavy atom. The Morgan fingerprint density at radius 3 is 2.94 bits per heavy atom. The van der Waals surface area contributed by atoms with Gasteiger partial charge >= 0.3 is 5.97 Å². The van der Waals surface area contributed by atoms with Crippen molar-refractivity contribution in [3.63, 3.8) is 0 Å². The summed E-state index contributed by atoms with van der Waals surface area (Å²) in [7, 11) is 1.79. The first-order valence-electron chi connectivity index (χ1n) is 5.22. The third-order valence-corrected chi connectivity index (χ3v) is 2.19. The molecule has 7 heteroatoms. The van der Waals surface area contributed by atoms with Gasteiger partial charge in [0.15, 0.2) is 5.82 Å². The molecule has 0 aromatic carbocycles. The van der Waals surface area contributed by atoms with Gasteiger partial charge in [0.25, 0.3) is 0 Å². The van der Waals surface area contributed by atoms with Crippen LogP contribution in [0.15, 0.2) is 6.07 Å². The SMILES string of the molecule is CCOC(=O)c1nc(-c2cc(C)nn2C)n[nH]1. The number of nitrogens with one attached hydrogen (secondary N) is 1. The van der Waals surface area contributed by atoms with Crippen molar-refractivity contribution in [2.45, 2.75) is 13.8 Å². The fourth-order valence-electron chi connectivity index (χ4n) is 1.49. The number of aromatic nitrogens is 5. The lowest BCUT2D eigenvalue weighted by molar-refractivity contribution is 0.0512. The highest BCUT2D eigenvalue weighted by atomic mass is 16.5. The van der Waals surface area contributed by atoms with Crippen LogP contribution >= 0.6 is 0 Å². The molecule has 0 saturated heterocycles. The number of esters is 1. The smallest absolute Gasteiger partial charge is 0.375 e. The summed E-state index contributed by atoms with van der Waals surface area (Å²) in [6, 6.07) is 1.85. The Bertz CT molecular complexity index is 543. The topological polar surface area (TPSA) is 85.7 Å². The van der Waals surface area contributed by atoms with E-state index < -0.39 is 5.97 Å². The number of hydrogen-bond acceptors (Lipinski definition) is 5. The third-order valence-electron chi connectivity index (χ3n) is 2.19. The van der Waals surface area contributed by atoms with E-state index in [0.29, 0.717) is 12.4 Å². The van der Waals surface area contributed by atoms with E-state index in [-0.39, 0.29) is 5.82 Å². The van der Waals surface area contributed by atoms with Gasteiger partial charge < -0.3 is 4.74 Å². The zero-order chi connectivity index (χ0) is 12.4. The first-order chi connectivity index (χ1) is 8.11. The minimum absolute atomic E-state index is 0.0979. The quantitative estimate of drug-likeness (QED) is 0.791. The van der Waals surface area contributed by atoms with Crippen molar-refractivity contribution in [2.75, 3.05) is 6.61 Å². The number of hydrogen-bond donors (Lipinski definition) is 1.